The molecule has 7 nitrogen and oxygen atoms in total. The monoisotopic (exact) mass is 442 g/mol. The van der Waals surface area contributed by atoms with Gasteiger partial charge in [0.05, 0.1) is 23.6 Å². The zero-order chi connectivity index (χ0) is 22.8. The van der Waals surface area contributed by atoms with Crippen LogP contribution in [0.25, 0.3) is 22.4 Å². The fraction of sp³-hybridized carbons (Fsp3) is 0.269. The van der Waals surface area contributed by atoms with E-state index in [0.29, 0.717) is 28.6 Å². The van der Waals surface area contributed by atoms with Gasteiger partial charge in [-0.1, -0.05) is 25.1 Å². The van der Waals surface area contributed by atoms with Crippen LogP contribution < -0.4 is 20.2 Å². The summed E-state index contributed by atoms with van der Waals surface area (Å²) in [6.07, 6.45) is 2.45. The number of aryl methyl sites for hydroxylation is 1. The Balaban J connectivity index is 1.50. The van der Waals surface area contributed by atoms with Gasteiger partial charge in [0, 0.05) is 44.1 Å². The molecule has 1 aliphatic heterocycles. The summed E-state index contributed by atoms with van der Waals surface area (Å²) in [6, 6.07) is 17.8. The number of aromatic nitrogens is 2. The molecule has 1 saturated heterocycles. The molecule has 4 aromatic rings. The van der Waals surface area contributed by atoms with Crippen LogP contribution in [0.1, 0.15) is 12.5 Å². The summed E-state index contributed by atoms with van der Waals surface area (Å²) in [7, 11) is 1.61. The molecular weight excluding hydrogens is 416 g/mol. The highest BCUT2D eigenvalue weighted by Gasteiger charge is 2.23. The standard InChI is InChI=1S/C26H26N4O3/c1-3-18-16-20(32-2)17-22-23(18)26(31)33-25(28-22)21-10-7-11-27-24(21)30-14-12-29(13-15-30)19-8-5-4-6-9-19/h4-11,16-17H,3,12-15H2,1-2H3. The third kappa shape index (κ3) is 4.02. The van der Waals surface area contributed by atoms with Crippen LogP contribution in [0.15, 0.2) is 70.0 Å². The van der Waals surface area contributed by atoms with Crippen molar-refractivity contribution < 1.29 is 9.15 Å². The maximum Gasteiger partial charge on any atom is 0.347 e. The average Bonchev–Trinajstić information content (AvgIpc) is 2.88. The van der Waals surface area contributed by atoms with Gasteiger partial charge in [0.2, 0.25) is 5.89 Å². The van der Waals surface area contributed by atoms with Crippen LogP contribution in [0.5, 0.6) is 5.75 Å². The zero-order valence-corrected chi connectivity index (χ0v) is 18.8. The van der Waals surface area contributed by atoms with Crippen molar-refractivity contribution in [2.45, 2.75) is 13.3 Å². The minimum absolute atomic E-state index is 0.274. The van der Waals surface area contributed by atoms with Gasteiger partial charge in [0.15, 0.2) is 0 Å². The number of fused-ring (bicyclic) bond motifs is 1. The van der Waals surface area contributed by atoms with Crippen LogP contribution in [0.2, 0.25) is 0 Å². The number of rotatable bonds is 5. The van der Waals surface area contributed by atoms with Crippen LogP contribution in [0, 0.1) is 0 Å². The van der Waals surface area contributed by atoms with Crippen LogP contribution in [-0.2, 0) is 6.42 Å². The average molecular weight is 443 g/mol. The number of methoxy groups -OCH3 is 1. The van der Waals surface area contributed by atoms with Gasteiger partial charge in [-0.25, -0.2) is 14.8 Å². The summed E-state index contributed by atoms with van der Waals surface area (Å²) in [6.45, 7) is 5.38. The van der Waals surface area contributed by atoms with E-state index in [1.807, 2.05) is 31.2 Å². The summed E-state index contributed by atoms with van der Waals surface area (Å²) in [5.41, 5.74) is 2.98. The first-order chi connectivity index (χ1) is 16.2. The predicted octanol–water partition coefficient (Wildman–Crippen LogP) is 4.15. The molecular formula is C26H26N4O3. The smallest absolute Gasteiger partial charge is 0.347 e. The number of nitrogens with zero attached hydrogens (tertiary/aromatic N) is 4. The maximum absolute atomic E-state index is 13.0. The van der Waals surface area contributed by atoms with Crippen LogP contribution in [0.4, 0.5) is 11.5 Å². The molecule has 1 fully saturated rings. The number of hydrogen-bond donors (Lipinski definition) is 0. The van der Waals surface area contributed by atoms with Gasteiger partial charge in [0.1, 0.15) is 11.6 Å². The second-order valence-electron chi connectivity index (χ2n) is 8.02. The van der Waals surface area contributed by atoms with Crippen molar-refractivity contribution in [1.82, 2.24) is 9.97 Å². The first-order valence-corrected chi connectivity index (χ1v) is 11.2. The van der Waals surface area contributed by atoms with Crippen molar-refractivity contribution in [3.05, 3.63) is 76.8 Å². The van der Waals surface area contributed by atoms with Gasteiger partial charge < -0.3 is 19.0 Å². The van der Waals surface area contributed by atoms with E-state index in [-0.39, 0.29) is 5.89 Å². The summed E-state index contributed by atoms with van der Waals surface area (Å²) >= 11 is 0. The molecule has 3 heterocycles. The van der Waals surface area contributed by atoms with Gasteiger partial charge >= 0.3 is 5.63 Å². The highest BCUT2D eigenvalue weighted by atomic mass is 16.5. The molecule has 2 aromatic heterocycles. The second-order valence-corrected chi connectivity index (χ2v) is 8.02. The molecule has 168 valence electrons. The van der Waals surface area contributed by atoms with E-state index in [2.05, 4.69) is 39.0 Å². The Kier molecular flexibility index (Phi) is 5.69. The number of hydrogen-bond acceptors (Lipinski definition) is 7. The zero-order valence-electron chi connectivity index (χ0n) is 18.8. The Hall–Kier alpha value is -3.87. The number of benzene rings is 2. The quantitative estimate of drug-likeness (QED) is 0.460. The van der Waals surface area contributed by atoms with Crippen molar-refractivity contribution >= 4 is 22.4 Å². The Labute approximate surface area is 192 Å². The van der Waals surface area contributed by atoms with E-state index in [1.54, 1.807) is 19.4 Å². The third-order valence-electron chi connectivity index (χ3n) is 6.12. The van der Waals surface area contributed by atoms with E-state index >= 15 is 0 Å². The summed E-state index contributed by atoms with van der Waals surface area (Å²) < 4.78 is 11.1. The van der Waals surface area contributed by atoms with Gasteiger partial charge in [-0.15, -0.1) is 0 Å². The van der Waals surface area contributed by atoms with Gasteiger partial charge in [-0.2, -0.15) is 0 Å². The molecule has 5 rings (SSSR count). The number of anilines is 2. The van der Waals surface area contributed by atoms with Crippen molar-refractivity contribution in [2.75, 3.05) is 43.1 Å². The molecule has 1 aliphatic rings. The fourth-order valence-corrected chi connectivity index (χ4v) is 4.39. The fourth-order valence-electron chi connectivity index (χ4n) is 4.39. The van der Waals surface area contributed by atoms with Crippen LogP contribution >= 0.6 is 0 Å². The summed E-state index contributed by atoms with van der Waals surface area (Å²) in [5, 5.41) is 0.504. The predicted molar refractivity (Wildman–Crippen MR) is 130 cm³/mol. The topological polar surface area (TPSA) is 71.7 Å². The lowest BCUT2D eigenvalue weighted by atomic mass is 10.1. The van der Waals surface area contributed by atoms with Crippen LogP contribution in [0.3, 0.4) is 0 Å². The molecule has 0 unspecified atom stereocenters. The number of pyridine rings is 1. The highest BCUT2D eigenvalue weighted by molar-refractivity contribution is 5.84. The number of para-hydroxylation sites is 1. The van der Waals surface area contributed by atoms with Gasteiger partial charge in [-0.3, -0.25) is 0 Å². The number of piperazine rings is 1. The molecule has 0 atom stereocenters. The Morgan fingerprint density at radius 1 is 1.00 bits per heavy atom. The molecule has 0 spiro atoms. The first kappa shape index (κ1) is 21.0. The Bertz CT molecular complexity index is 1330. The van der Waals surface area contributed by atoms with Crippen molar-refractivity contribution in [3.8, 4) is 17.2 Å². The minimum Gasteiger partial charge on any atom is -0.497 e. The molecule has 0 amide bonds. The lowest BCUT2D eigenvalue weighted by molar-refractivity contribution is 0.414. The Morgan fingerprint density at radius 3 is 2.48 bits per heavy atom. The lowest BCUT2D eigenvalue weighted by Gasteiger charge is -2.37. The van der Waals surface area contributed by atoms with E-state index in [1.165, 1.54) is 5.69 Å². The molecule has 7 heteroatoms. The Morgan fingerprint density at radius 2 is 1.76 bits per heavy atom. The van der Waals surface area contributed by atoms with Crippen molar-refractivity contribution in [3.63, 3.8) is 0 Å². The van der Waals surface area contributed by atoms with Crippen molar-refractivity contribution in [1.29, 1.82) is 0 Å². The molecule has 0 bridgehead atoms. The third-order valence-corrected chi connectivity index (χ3v) is 6.12. The molecule has 0 N–H and O–H groups in total. The first-order valence-electron chi connectivity index (χ1n) is 11.2. The number of ether oxygens (including phenoxy) is 1. The minimum atomic E-state index is -0.391. The van der Waals surface area contributed by atoms with E-state index in [9.17, 15) is 4.79 Å². The second kappa shape index (κ2) is 8.94. The lowest BCUT2D eigenvalue weighted by Crippen LogP contribution is -2.47. The summed E-state index contributed by atoms with van der Waals surface area (Å²) in [4.78, 5) is 26.9. The molecule has 33 heavy (non-hydrogen) atoms. The summed E-state index contributed by atoms with van der Waals surface area (Å²) in [5.74, 6) is 1.72. The molecule has 0 radical (unpaired) electrons. The normalized spacial score (nSPS) is 14.0. The van der Waals surface area contributed by atoms with E-state index in [4.69, 9.17) is 14.1 Å². The highest BCUT2D eigenvalue weighted by Crippen LogP contribution is 2.31. The van der Waals surface area contributed by atoms with Crippen LogP contribution in [-0.4, -0.2) is 43.3 Å². The van der Waals surface area contributed by atoms with E-state index < -0.39 is 5.63 Å². The molecule has 0 aliphatic carbocycles. The maximum atomic E-state index is 13.0. The molecule has 2 aromatic carbocycles. The molecule has 0 saturated carbocycles. The van der Waals surface area contributed by atoms with E-state index in [0.717, 1.165) is 37.6 Å². The van der Waals surface area contributed by atoms with Crippen molar-refractivity contribution in [2.24, 2.45) is 0 Å². The SMILES string of the molecule is CCc1cc(OC)cc2nc(-c3cccnc3N3CCN(c4ccccc4)CC3)oc(=O)c12. The largest absolute Gasteiger partial charge is 0.497 e. The van der Waals surface area contributed by atoms with Gasteiger partial charge in [0.25, 0.3) is 0 Å². The van der Waals surface area contributed by atoms with Gasteiger partial charge in [-0.05, 0) is 42.3 Å².